The van der Waals surface area contributed by atoms with Crippen LogP contribution in [0.4, 0.5) is 25.0 Å². The molecule has 0 saturated carbocycles. The van der Waals surface area contributed by atoms with Gasteiger partial charge in [-0.2, -0.15) is 5.26 Å². The van der Waals surface area contributed by atoms with Gasteiger partial charge in [0, 0.05) is 29.6 Å². The zero-order valence-corrected chi connectivity index (χ0v) is 22.3. The topological polar surface area (TPSA) is 127 Å². The highest BCUT2D eigenvalue weighted by molar-refractivity contribution is 7.09. The van der Waals surface area contributed by atoms with E-state index in [2.05, 4.69) is 20.9 Å². The number of rotatable bonds is 7. The first-order valence-corrected chi connectivity index (χ1v) is 13.1. The fourth-order valence-corrected chi connectivity index (χ4v) is 4.89. The van der Waals surface area contributed by atoms with Crippen LogP contribution in [0.3, 0.4) is 0 Å². The van der Waals surface area contributed by atoms with Crippen molar-refractivity contribution in [3.05, 3.63) is 74.2 Å². The predicted octanol–water partition coefficient (Wildman–Crippen LogP) is 5.17. The van der Waals surface area contributed by atoms with Gasteiger partial charge < -0.3 is 20.9 Å². The van der Waals surface area contributed by atoms with E-state index < -0.39 is 49.3 Å². The molecule has 39 heavy (non-hydrogen) atoms. The summed E-state index contributed by atoms with van der Waals surface area (Å²) in [5.41, 5.74) is 1.99. The quantitative estimate of drug-likeness (QED) is 0.348. The normalized spacial score (nSPS) is 15.9. The molecule has 202 valence electrons. The minimum Gasteiger partial charge on any atom is -0.342 e. The van der Waals surface area contributed by atoms with Crippen LogP contribution in [0.5, 0.6) is 0 Å². The number of hydrogen-bond acceptors (Lipinski definition) is 6. The van der Waals surface area contributed by atoms with Gasteiger partial charge in [0.2, 0.25) is 5.91 Å². The van der Waals surface area contributed by atoms with E-state index in [-0.39, 0.29) is 5.69 Å². The van der Waals surface area contributed by atoms with Crippen LogP contribution in [0.25, 0.3) is 0 Å². The van der Waals surface area contributed by atoms with E-state index in [0.29, 0.717) is 32.8 Å². The first-order chi connectivity index (χ1) is 18.5. The third-order valence-electron chi connectivity index (χ3n) is 5.67. The molecular weight excluding hydrogens is 573 g/mol. The van der Waals surface area contributed by atoms with Gasteiger partial charge in [-0.15, -0.1) is 11.3 Å². The van der Waals surface area contributed by atoms with Crippen LogP contribution in [0, 0.1) is 11.3 Å². The molecule has 4 rings (SSSR count). The molecule has 2 heterocycles. The van der Waals surface area contributed by atoms with Gasteiger partial charge in [0.05, 0.1) is 34.2 Å². The van der Waals surface area contributed by atoms with Gasteiger partial charge in [-0.1, -0.05) is 35.3 Å². The van der Waals surface area contributed by atoms with Crippen LogP contribution in [-0.2, 0) is 11.2 Å². The van der Waals surface area contributed by atoms with Crippen molar-refractivity contribution >= 4 is 63.8 Å². The number of nitriles is 1. The first kappa shape index (κ1) is 28.2. The summed E-state index contributed by atoms with van der Waals surface area (Å²) in [6.45, 7) is -1.37. The molecule has 1 aliphatic heterocycles. The molecule has 3 aromatic rings. The molecule has 2 aromatic carbocycles. The van der Waals surface area contributed by atoms with Gasteiger partial charge in [0.25, 0.3) is 11.8 Å². The van der Waals surface area contributed by atoms with Crippen molar-refractivity contribution in [1.82, 2.24) is 15.2 Å². The number of alkyl halides is 2. The number of benzene rings is 2. The second kappa shape index (κ2) is 11.9. The van der Waals surface area contributed by atoms with E-state index in [1.165, 1.54) is 22.8 Å². The highest BCUT2D eigenvalue weighted by Gasteiger charge is 2.47. The second-order valence-corrected chi connectivity index (χ2v) is 10.4. The molecule has 0 spiro atoms. The molecular formula is C25H20Cl2F2N6O3S. The number of hydrogen-bond donors (Lipinski definition) is 3. The molecule has 0 unspecified atom stereocenters. The zero-order chi connectivity index (χ0) is 28.2. The van der Waals surface area contributed by atoms with E-state index in [9.17, 15) is 23.2 Å². The number of amides is 4. The Balaban J connectivity index is 1.26. The Labute approximate surface area is 235 Å². The number of carbonyl (C=O) groups is 3. The van der Waals surface area contributed by atoms with E-state index >= 15 is 0 Å². The lowest BCUT2D eigenvalue weighted by molar-refractivity contribution is -0.131. The van der Waals surface area contributed by atoms with Gasteiger partial charge in [0.1, 0.15) is 11.7 Å². The van der Waals surface area contributed by atoms with Crippen molar-refractivity contribution in [2.24, 2.45) is 0 Å². The third-order valence-corrected chi connectivity index (χ3v) is 7.26. The Hall–Kier alpha value is -3.79. The van der Waals surface area contributed by atoms with Crippen LogP contribution in [-0.4, -0.2) is 52.8 Å². The summed E-state index contributed by atoms with van der Waals surface area (Å²) in [5.74, 6) is -4.52. The third kappa shape index (κ3) is 7.41. The lowest BCUT2D eigenvalue weighted by Crippen LogP contribution is -2.43. The average molecular weight is 593 g/mol. The molecule has 9 nitrogen and oxygen atoms in total. The van der Waals surface area contributed by atoms with Gasteiger partial charge >= 0.3 is 6.03 Å². The fraction of sp³-hybridized carbons (Fsp3) is 0.240. The Kier molecular flexibility index (Phi) is 8.64. The van der Waals surface area contributed by atoms with Crippen molar-refractivity contribution in [1.29, 1.82) is 5.26 Å². The van der Waals surface area contributed by atoms with E-state index in [1.54, 1.807) is 42.5 Å². The maximum Gasteiger partial charge on any atom is 0.323 e. The largest absolute Gasteiger partial charge is 0.342 e. The summed E-state index contributed by atoms with van der Waals surface area (Å²) in [6, 6.07) is 11.8. The minimum atomic E-state index is -3.13. The fourth-order valence-electron chi connectivity index (χ4n) is 3.79. The molecule has 1 atom stereocenters. The monoisotopic (exact) mass is 592 g/mol. The summed E-state index contributed by atoms with van der Waals surface area (Å²) >= 11 is 13.1. The summed E-state index contributed by atoms with van der Waals surface area (Å²) < 4.78 is 27.1. The zero-order valence-electron chi connectivity index (χ0n) is 20.0. The van der Waals surface area contributed by atoms with E-state index in [0.717, 1.165) is 10.5 Å². The molecule has 4 amide bonds. The number of thiazole rings is 1. The molecule has 1 aromatic heterocycles. The van der Waals surface area contributed by atoms with Crippen LogP contribution >= 0.6 is 34.5 Å². The number of aromatic nitrogens is 1. The SMILES string of the molecule is N#C[C@@H]1CC(F)(F)CN1C(=O)CNC(=O)c1csc(Cc2ccc(NC(=O)Nc3ccc(Cl)c(Cl)c3)cc2)n1. The number of nitrogens with zero attached hydrogens (tertiary/aromatic N) is 3. The Morgan fingerprint density at radius 3 is 2.49 bits per heavy atom. The maximum absolute atomic E-state index is 13.5. The van der Waals surface area contributed by atoms with Crippen molar-refractivity contribution < 1.29 is 23.2 Å². The van der Waals surface area contributed by atoms with Crippen LogP contribution in [0.15, 0.2) is 47.8 Å². The number of anilines is 2. The molecule has 1 fully saturated rings. The number of halogens is 4. The summed E-state index contributed by atoms with van der Waals surface area (Å²) in [5, 5.41) is 19.6. The highest BCUT2D eigenvalue weighted by atomic mass is 35.5. The molecule has 0 bridgehead atoms. The molecule has 3 N–H and O–H groups in total. The first-order valence-electron chi connectivity index (χ1n) is 11.4. The summed E-state index contributed by atoms with van der Waals surface area (Å²) in [4.78, 5) is 42.0. The maximum atomic E-state index is 13.5. The molecule has 1 aliphatic rings. The highest BCUT2D eigenvalue weighted by Crippen LogP contribution is 2.31. The average Bonchev–Trinajstić information content (AvgIpc) is 3.49. The Morgan fingerprint density at radius 1 is 1.10 bits per heavy atom. The van der Waals surface area contributed by atoms with Crippen LogP contribution in [0.1, 0.15) is 27.5 Å². The molecule has 0 aliphatic carbocycles. The molecule has 14 heteroatoms. The minimum absolute atomic E-state index is 0.0867. The molecule has 1 saturated heterocycles. The van der Waals surface area contributed by atoms with Gasteiger partial charge in [-0.25, -0.2) is 18.6 Å². The standard InChI is InChI=1S/C25H20Cl2F2N6O3S/c26-18-6-5-16(8-19(18)27)33-24(38)32-15-3-1-14(2-4-15)7-21-34-20(12-39-21)23(37)31-11-22(36)35-13-25(28,29)9-17(35)10-30/h1-6,8,12,17H,7,9,11,13H2,(H,31,37)(H2,32,33,38)/t17-/m0/s1. The van der Waals surface area contributed by atoms with E-state index in [4.69, 9.17) is 28.5 Å². The van der Waals surface area contributed by atoms with Gasteiger partial charge in [-0.3, -0.25) is 9.59 Å². The summed E-state index contributed by atoms with van der Waals surface area (Å²) in [6.07, 6.45) is -0.305. The van der Waals surface area contributed by atoms with Gasteiger partial charge in [-0.05, 0) is 35.9 Å². The van der Waals surface area contributed by atoms with Crippen molar-refractivity contribution in [2.45, 2.75) is 24.8 Å². The molecule has 0 radical (unpaired) electrons. The number of nitrogens with one attached hydrogen (secondary N) is 3. The van der Waals surface area contributed by atoms with Crippen molar-refractivity contribution in [3.8, 4) is 6.07 Å². The van der Waals surface area contributed by atoms with Gasteiger partial charge in [0.15, 0.2) is 0 Å². The number of likely N-dealkylation sites (tertiary alicyclic amines) is 1. The van der Waals surface area contributed by atoms with Crippen LogP contribution < -0.4 is 16.0 Å². The Morgan fingerprint density at radius 2 is 1.79 bits per heavy atom. The smallest absolute Gasteiger partial charge is 0.323 e. The van der Waals surface area contributed by atoms with Crippen molar-refractivity contribution in [2.75, 3.05) is 23.7 Å². The van der Waals surface area contributed by atoms with E-state index in [1.807, 2.05) is 0 Å². The summed E-state index contributed by atoms with van der Waals surface area (Å²) in [7, 11) is 0. The lowest BCUT2D eigenvalue weighted by Gasteiger charge is -2.19. The van der Waals surface area contributed by atoms with Crippen LogP contribution in [0.2, 0.25) is 10.0 Å². The Bertz CT molecular complexity index is 1440. The number of urea groups is 1. The lowest BCUT2D eigenvalue weighted by atomic mass is 10.1. The van der Waals surface area contributed by atoms with Crippen molar-refractivity contribution in [3.63, 3.8) is 0 Å². The number of carbonyl (C=O) groups excluding carboxylic acids is 3. The predicted molar refractivity (Wildman–Crippen MR) is 143 cm³/mol. The second-order valence-electron chi connectivity index (χ2n) is 8.62.